The third kappa shape index (κ3) is 4.30. The summed E-state index contributed by atoms with van der Waals surface area (Å²) in [5.41, 5.74) is 0.994. The zero-order valence-electron chi connectivity index (χ0n) is 15.6. The van der Waals surface area contributed by atoms with Crippen molar-refractivity contribution in [1.29, 1.82) is 0 Å². The van der Waals surface area contributed by atoms with Gasteiger partial charge in [0.15, 0.2) is 0 Å². The first-order valence-corrected chi connectivity index (χ1v) is 9.64. The second-order valence-corrected chi connectivity index (χ2v) is 7.65. The van der Waals surface area contributed by atoms with Crippen molar-refractivity contribution in [3.05, 3.63) is 87.7 Å². The predicted molar refractivity (Wildman–Crippen MR) is 111 cm³/mol. The number of H-pyrrole nitrogens is 1. The number of carbonyl (C=O) groups excluding carboxylic acids is 1. The highest BCUT2D eigenvalue weighted by Crippen LogP contribution is 2.37. The van der Waals surface area contributed by atoms with Gasteiger partial charge in [-0.15, -0.1) is 0 Å². The second-order valence-electron chi connectivity index (χ2n) is 7.21. The largest absolute Gasteiger partial charge is 0.354 e. The predicted octanol–water partition coefficient (Wildman–Crippen LogP) is 2.18. The van der Waals surface area contributed by atoms with Gasteiger partial charge >= 0.3 is 0 Å². The van der Waals surface area contributed by atoms with Gasteiger partial charge in [0, 0.05) is 30.4 Å². The number of aromatic nitrogens is 3. The highest BCUT2D eigenvalue weighted by molar-refractivity contribution is 6.30. The number of nitrogens with one attached hydrogen (secondary N) is 2. The fraction of sp³-hybridized carbons (Fsp3) is 0.238. The van der Waals surface area contributed by atoms with Crippen LogP contribution in [0.15, 0.2) is 65.8 Å². The van der Waals surface area contributed by atoms with Crippen molar-refractivity contribution < 1.29 is 4.79 Å². The van der Waals surface area contributed by atoms with Gasteiger partial charge in [0.05, 0.1) is 24.0 Å². The lowest BCUT2D eigenvalue weighted by atomic mass is 9.73. The van der Waals surface area contributed by atoms with Crippen molar-refractivity contribution in [2.24, 2.45) is 5.41 Å². The molecule has 29 heavy (non-hydrogen) atoms. The van der Waals surface area contributed by atoms with E-state index < -0.39 is 5.41 Å². The topological polar surface area (TPSA) is 91.0 Å². The fourth-order valence-electron chi connectivity index (χ4n) is 3.57. The average Bonchev–Trinajstić information content (AvgIpc) is 2.71. The van der Waals surface area contributed by atoms with Crippen LogP contribution >= 0.6 is 11.6 Å². The van der Waals surface area contributed by atoms with Gasteiger partial charge in [-0.2, -0.15) is 0 Å². The summed E-state index contributed by atoms with van der Waals surface area (Å²) >= 11 is 5.99. The molecule has 148 valence electrons. The molecule has 3 aromatic rings. The molecule has 2 N–H and O–H groups in total. The Hall–Kier alpha value is -3.19. The molecule has 1 aromatic carbocycles. The van der Waals surface area contributed by atoms with E-state index in [1.54, 1.807) is 6.20 Å². The molecule has 2 aromatic heterocycles. The highest BCUT2D eigenvalue weighted by atomic mass is 35.5. The molecule has 4 rings (SSSR count). The third-order valence-corrected chi connectivity index (χ3v) is 5.32. The molecule has 1 amide bonds. The number of halogens is 1. The van der Waals surface area contributed by atoms with Gasteiger partial charge in [0.25, 0.3) is 5.56 Å². The number of carbonyl (C=O) groups is 1. The van der Waals surface area contributed by atoms with Crippen LogP contribution < -0.4 is 15.8 Å². The van der Waals surface area contributed by atoms with Crippen molar-refractivity contribution in [3.63, 3.8) is 0 Å². The van der Waals surface area contributed by atoms with Crippen molar-refractivity contribution in [1.82, 2.24) is 20.3 Å². The Balaban J connectivity index is 1.52. The van der Waals surface area contributed by atoms with Crippen LogP contribution in [-0.2, 0) is 17.8 Å². The summed E-state index contributed by atoms with van der Waals surface area (Å²) < 4.78 is 0. The molecular weight excluding hydrogens is 390 g/mol. The normalized spacial score (nSPS) is 14.9. The number of aromatic amines is 1. The number of hydrogen-bond acceptors (Lipinski definition) is 5. The van der Waals surface area contributed by atoms with E-state index >= 15 is 0 Å². The first kappa shape index (κ1) is 19.1. The summed E-state index contributed by atoms with van der Waals surface area (Å²) in [5.74, 6) is 0.525. The van der Waals surface area contributed by atoms with E-state index in [0.29, 0.717) is 36.9 Å². The SMILES string of the molecule is O=C(NCc1ccccn1)C1(Cc2ccc(Cl)cc2)CN(c2cc(=O)[nH]cn2)C1. The zero-order valence-corrected chi connectivity index (χ0v) is 16.4. The first-order chi connectivity index (χ1) is 14.0. The molecule has 1 aliphatic heterocycles. The van der Waals surface area contributed by atoms with Gasteiger partial charge in [0.2, 0.25) is 5.91 Å². The molecule has 3 heterocycles. The molecule has 0 spiro atoms. The minimum absolute atomic E-state index is 0.0424. The summed E-state index contributed by atoms with van der Waals surface area (Å²) in [6.45, 7) is 1.31. The molecule has 0 radical (unpaired) electrons. The fourth-order valence-corrected chi connectivity index (χ4v) is 3.69. The molecule has 0 atom stereocenters. The molecule has 8 heteroatoms. The first-order valence-electron chi connectivity index (χ1n) is 9.26. The Kier molecular flexibility index (Phi) is 5.31. The molecule has 0 unspecified atom stereocenters. The van der Waals surface area contributed by atoms with Crippen LogP contribution in [0, 0.1) is 5.41 Å². The summed E-state index contributed by atoms with van der Waals surface area (Å²) in [4.78, 5) is 37.7. The van der Waals surface area contributed by atoms with Crippen molar-refractivity contribution in [3.8, 4) is 0 Å². The van der Waals surface area contributed by atoms with Crippen molar-refractivity contribution in [2.45, 2.75) is 13.0 Å². The van der Waals surface area contributed by atoms with Gasteiger partial charge in [-0.1, -0.05) is 29.8 Å². The Morgan fingerprint density at radius 2 is 1.97 bits per heavy atom. The van der Waals surface area contributed by atoms with Crippen LogP contribution in [0.2, 0.25) is 5.02 Å². The van der Waals surface area contributed by atoms with E-state index in [0.717, 1.165) is 11.3 Å². The van der Waals surface area contributed by atoms with Crippen LogP contribution in [-0.4, -0.2) is 33.9 Å². The number of pyridine rings is 1. The van der Waals surface area contributed by atoms with Crippen LogP contribution in [0.5, 0.6) is 0 Å². The molecule has 7 nitrogen and oxygen atoms in total. The van der Waals surface area contributed by atoms with Gasteiger partial charge in [-0.05, 0) is 36.2 Å². The number of rotatable bonds is 6. The lowest BCUT2D eigenvalue weighted by molar-refractivity contribution is -0.132. The maximum atomic E-state index is 13.2. The van der Waals surface area contributed by atoms with E-state index in [9.17, 15) is 9.59 Å². The standard InChI is InChI=1S/C21H20ClN5O2/c22-16-6-4-15(5-7-16)10-21(20(29)24-11-17-3-1-2-8-23-17)12-27(13-21)18-9-19(28)26-14-25-18/h1-9,14H,10-13H2,(H,24,29)(H,25,26,28). The quantitative estimate of drug-likeness (QED) is 0.651. The van der Waals surface area contributed by atoms with Crippen LogP contribution in [0.3, 0.4) is 0 Å². The van der Waals surface area contributed by atoms with E-state index in [-0.39, 0.29) is 11.5 Å². The van der Waals surface area contributed by atoms with Crippen molar-refractivity contribution in [2.75, 3.05) is 18.0 Å². The lowest BCUT2D eigenvalue weighted by Gasteiger charge is -2.49. The molecule has 0 bridgehead atoms. The lowest BCUT2D eigenvalue weighted by Crippen LogP contribution is -2.64. The Labute approximate surface area is 172 Å². The smallest absolute Gasteiger partial charge is 0.252 e. The van der Waals surface area contributed by atoms with E-state index in [1.165, 1.54) is 12.4 Å². The minimum Gasteiger partial charge on any atom is -0.354 e. The molecule has 0 aliphatic carbocycles. The number of amides is 1. The molecule has 1 saturated heterocycles. The zero-order chi connectivity index (χ0) is 20.3. The third-order valence-electron chi connectivity index (χ3n) is 5.07. The van der Waals surface area contributed by atoms with Crippen LogP contribution in [0.25, 0.3) is 0 Å². The van der Waals surface area contributed by atoms with Gasteiger partial charge in [-0.25, -0.2) is 4.98 Å². The number of hydrogen-bond donors (Lipinski definition) is 2. The van der Waals surface area contributed by atoms with Crippen LogP contribution in [0.1, 0.15) is 11.3 Å². The summed E-state index contributed by atoms with van der Waals surface area (Å²) in [6.07, 6.45) is 3.64. The number of nitrogens with zero attached hydrogens (tertiary/aromatic N) is 3. The van der Waals surface area contributed by atoms with Gasteiger partial charge < -0.3 is 15.2 Å². The van der Waals surface area contributed by atoms with Gasteiger partial charge in [-0.3, -0.25) is 14.6 Å². The maximum Gasteiger partial charge on any atom is 0.252 e. The maximum absolute atomic E-state index is 13.2. The minimum atomic E-state index is -0.618. The van der Waals surface area contributed by atoms with Crippen LogP contribution in [0.4, 0.5) is 5.82 Å². The summed E-state index contributed by atoms with van der Waals surface area (Å²) in [5, 5.41) is 3.67. The number of anilines is 1. The Bertz CT molecular complexity index is 1050. The molecule has 1 fully saturated rings. The van der Waals surface area contributed by atoms with E-state index in [1.807, 2.05) is 47.4 Å². The summed E-state index contributed by atoms with van der Waals surface area (Å²) in [6, 6.07) is 14.6. The Morgan fingerprint density at radius 1 is 1.17 bits per heavy atom. The van der Waals surface area contributed by atoms with Gasteiger partial charge in [0.1, 0.15) is 5.82 Å². The average molecular weight is 410 g/mol. The molecular formula is C21H20ClN5O2. The monoisotopic (exact) mass is 409 g/mol. The summed E-state index contributed by atoms with van der Waals surface area (Å²) in [7, 11) is 0. The molecule has 0 saturated carbocycles. The second kappa shape index (κ2) is 8.05. The van der Waals surface area contributed by atoms with E-state index in [2.05, 4.69) is 20.3 Å². The number of benzene rings is 1. The molecule has 1 aliphatic rings. The Morgan fingerprint density at radius 3 is 2.66 bits per heavy atom. The van der Waals surface area contributed by atoms with E-state index in [4.69, 9.17) is 11.6 Å². The highest BCUT2D eigenvalue weighted by Gasteiger charge is 2.49. The van der Waals surface area contributed by atoms with Crippen molar-refractivity contribution >= 4 is 23.3 Å².